The number of carbonyl (C=O) groups excluding carboxylic acids is 5. The molecular formula is C61H65ClF4N8O9S3. The number of imide groups is 2. The van der Waals surface area contributed by atoms with Gasteiger partial charge in [0.2, 0.25) is 11.8 Å². The van der Waals surface area contributed by atoms with Gasteiger partial charge in [0.1, 0.15) is 16.8 Å². The third-order valence-corrected chi connectivity index (χ3v) is 19.8. The van der Waals surface area contributed by atoms with Crippen molar-refractivity contribution in [1.82, 2.24) is 29.6 Å². The van der Waals surface area contributed by atoms with Gasteiger partial charge < -0.3 is 15.1 Å². The number of benzene rings is 5. The number of alkyl halides is 3. The average molecular weight is 1270 g/mol. The molecule has 0 aromatic heterocycles. The largest absolute Gasteiger partial charge is 0.501 e. The summed E-state index contributed by atoms with van der Waals surface area (Å²) in [5, 5.41) is 5.31. The van der Waals surface area contributed by atoms with Crippen molar-refractivity contribution in [2.24, 2.45) is 5.41 Å². The highest BCUT2D eigenvalue weighted by atomic mass is 35.5. The molecule has 5 aromatic rings. The molecule has 4 aliphatic heterocycles. The molecule has 3 saturated heterocycles. The molecule has 86 heavy (non-hydrogen) atoms. The number of hydrogen-bond donors (Lipinski definition) is 3. The number of piperidine rings is 1. The maximum Gasteiger partial charge on any atom is 0.501 e. The van der Waals surface area contributed by atoms with Gasteiger partial charge in [-0.1, -0.05) is 61.4 Å². The van der Waals surface area contributed by atoms with Gasteiger partial charge in [-0.2, -0.15) is 13.2 Å². The fourth-order valence-electron chi connectivity index (χ4n) is 11.0. The van der Waals surface area contributed by atoms with Crippen molar-refractivity contribution < 1.29 is 69.3 Å². The van der Waals surface area contributed by atoms with E-state index in [2.05, 4.69) is 41.1 Å². The van der Waals surface area contributed by atoms with Crippen molar-refractivity contribution in [3.8, 4) is 0 Å². The number of thioether (sulfide) groups is 1. The first-order chi connectivity index (χ1) is 43.8. The van der Waals surface area contributed by atoms with Crippen LogP contribution in [0.15, 0.2) is 129 Å². The lowest BCUT2D eigenvalue weighted by molar-refractivity contribution is -0.136. The highest BCUT2D eigenvalue weighted by Crippen LogP contribution is 2.43. The summed E-state index contributed by atoms with van der Waals surface area (Å²) >= 11 is 7.24. The van der Waals surface area contributed by atoms with Crippen LogP contribution in [0.25, 0.3) is 5.57 Å². The molecule has 0 bridgehead atoms. The summed E-state index contributed by atoms with van der Waals surface area (Å²) in [5.74, 6) is -6.91. The van der Waals surface area contributed by atoms with E-state index in [1.54, 1.807) is 47.2 Å². The molecule has 0 radical (unpaired) electrons. The maximum absolute atomic E-state index is 15.9. The fraction of sp³-hybridized carbons (Fsp3) is 0.393. The van der Waals surface area contributed by atoms with Crippen LogP contribution in [0.2, 0.25) is 5.02 Å². The van der Waals surface area contributed by atoms with E-state index >= 15 is 4.39 Å². The van der Waals surface area contributed by atoms with Crippen LogP contribution in [0.3, 0.4) is 0 Å². The van der Waals surface area contributed by atoms with E-state index in [0.717, 1.165) is 74.0 Å². The molecule has 17 nitrogen and oxygen atoms in total. The Morgan fingerprint density at radius 3 is 2.19 bits per heavy atom. The molecule has 456 valence electrons. The second-order valence-corrected chi connectivity index (χ2v) is 27.3. The van der Waals surface area contributed by atoms with E-state index in [1.807, 2.05) is 17.4 Å². The van der Waals surface area contributed by atoms with Crippen molar-refractivity contribution in [2.45, 2.75) is 91.2 Å². The lowest BCUT2D eigenvalue weighted by atomic mass is 9.73. The number of sulfonamides is 1. The molecule has 2 atom stereocenters. The molecule has 5 aromatic carbocycles. The zero-order chi connectivity index (χ0) is 68.5. The third kappa shape index (κ3) is 14.2. The minimum Gasteiger partial charge on any atom is -0.380 e. The SMILES string of the molecule is [2H]C1([2H])N(CC[C@H](CSc2ccccc2)Nc2ccc(S(=O)(=O)NC(=O)c3ccc(N4CCN(CC5=C(c6ccc(Cl)cc6)CCC(C)(C)C5)CC4)cc3)cc2S(=O)(=O)C(F)(F)F)C([2H])([2H])C([2H])([2H])N(Cc2cc(F)c3c(c2)C(=O)N(C2CCC(=O)NC2=O)C3=O)C1([2H])[2H]. The molecule has 3 N–H and O–H groups in total. The smallest absolute Gasteiger partial charge is 0.380 e. The number of carbonyl (C=O) groups is 5. The number of amides is 5. The first-order valence-electron chi connectivity index (χ1n) is 31.5. The topological polar surface area (TPSA) is 206 Å². The molecule has 5 aliphatic rings. The number of hydrogen-bond acceptors (Lipinski definition) is 15. The number of nitrogens with one attached hydrogen (secondary N) is 3. The predicted molar refractivity (Wildman–Crippen MR) is 319 cm³/mol. The Hall–Kier alpha value is -6.67. The van der Waals surface area contributed by atoms with Gasteiger partial charge in [-0.15, -0.1) is 11.8 Å². The minimum atomic E-state index is -6.47. The van der Waals surface area contributed by atoms with Gasteiger partial charge in [-0.05, 0) is 133 Å². The molecule has 0 spiro atoms. The van der Waals surface area contributed by atoms with Crippen LogP contribution in [0.4, 0.5) is 28.9 Å². The van der Waals surface area contributed by atoms with E-state index in [0.29, 0.717) is 40.0 Å². The molecule has 5 amide bonds. The summed E-state index contributed by atoms with van der Waals surface area (Å²) in [6.07, 6.45) is 1.81. The first kappa shape index (κ1) is 52.5. The second kappa shape index (κ2) is 25.6. The summed E-state index contributed by atoms with van der Waals surface area (Å²) in [6, 6.07) is 22.4. The number of sulfone groups is 1. The van der Waals surface area contributed by atoms with Gasteiger partial charge in [-0.25, -0.2) is 25.9 Å². The van der Waals surface area contributed by atoms with Crippen LogP contribution in [0, 0.1) is 11.2 Å². The van der Waals surface area contributed by atoms with E-state index < -0.39 is 150 Å². The standard InChI is InChI=1S/C61H65ClF4N8O9S3/c1-60(2)22-20-48(40-8-12-43(62)13-9-40)42(35-60)37-72-28-30-73(31-29-72)45-14-10-41(11-15-45)56(76)69-86(82,83)47-16-17-51(53(34-47)85(80,81)61(64,65)66)67-44(38-84-46-6-4-3-5-7-46)21-23-70-24-26-71(27-25-70)36-39-32-49-55(50(63)33-39)59(79)74(58(49)78)52-18-19-54(75)68-57(52)77/h3-17,32-34,44,52,67H,18-31,35-38H2,1-2H3,(H,69,76)(H,68,75,77)/t44-,52?/m1/s1/i24D2,25D2,26D2,27D2. The second-order valence-electron chi connectivity index (χ2n) is 22.2. The van der Waals surface area contributed by atoms with Crippen molar-refractivity contribution in [1.29, 1.82) is 0 Å². The molecular weight excluding hydrogens is 1200 g/mol. The molecule has 25 heteroatoms. The molecule has 1 unspecified atom stereocenters. The number of piperazine rings is 2. The highest BCUT2D eigenvalue weighted by molar-refractivity contribution is 7.99. The quantitative estimate of drug-likeness (QED) is 0.0401. The van der Waals surface area contributed by atoms with Gasteiger partial charge >= 0.3 is 5.51 Å². The van der Waals surface area contributed by atoms with Crippen LogP contribution < -0.4 is 20.3 Å². The Kier molecular flexibility index (Phi) is 15.6. The number of rotatable bonds is 19. The summed E-state index contributed by atoms with van der Waals surface area (Å²) in [6.45, 7) is -8.34. The summed E-state index contributed by atoms with van der Waals surface area (Å²) in [4.78, 5) is 68.2. The Labute approximate surface area is 517 Å². The molecule has 10 rings (SSSR count). The predicted octanol–water partition coefficient (Wildman–Crippen LogP) is 8.86. The molecule has 3 fully saturated rings. The van der Waals surface area contributed by atoms with Crippen LogP contribution in [0.1, 0.15) is 106 Å². The maximum atomic E-state index is 15.9. The summed E-state index contributed by atoms with van der Waals surface area (Å²) < 4.78 is 189. The molecule has 4 heterocycles. The van der Waals surface area contributed by atoms with E-state index in [-0.39, 0.29) is 45.4 Å². The lowest BCUT2D eigenvalue weighted by Gasteiger charge is -2.39. The Morgan fingerprint density at radius 2 is 1.51 bits per heavy atom. The molecule has 0 saturated carbocycles. The number of anilines is 2. The van der Waals surface area contributed by atoms with Crippen molar-refractivity contribution >= 4 is 89.7 Å². The Bertz CT molecular complexity index is 4070. The monoisotopic (exact) mass is 1270 g/mol. The minimum absolute atomic E-state index is 0.110. The zero-order valence-electron chi connectivity index (χ0n) is 54.5. The van der Waals surface area contributed by atoms with Crippen molar-refractivity contribution in [3.63, 3.8) is 0 Å². The normalized spacial score (nSPS) is 23.3. The number of nitrogens with zero attached hydrogens (tertiary/aromatic N) is 5. The van der Waals surface area contributed by atoms with E-state index in [1.165, 1.54) is 23.3 Å². The van der Waals surface area contributed by atoms with Gasteiger partial charge in [0.05, 0.1) is 21.7 Å². The van der Waals surface area contributed by atoms with E-state index in [9.17, 15) is 54.0 Å². The van der Waals surface area contributed by atoms with Crippen LogP contribution >= 0.6 is 23.4 Å². The first-order valence-corrected chi connectivity index (χ1v) is 31.8. The van der Waals surface area contributed by atoms with Crippen LogP contribution in [-0.2, 0) is 36.0 Å². The number of halogens is 5. The number of fused-ring (bicyclic) bond motifs is 1. The van der Waals surface area contributed by atoms with Gasteiger partial charge in [0.15, 0.2) is 0 Å². The van der Waals surface area contributed by atoms with Gasteiger partial charge in [0.25, 0.3) is 37.6 Å². The lowest BCUT2D eigenvalue weighted by Crippen LogP contribution is -2.54. The van der Waals surface area contributed by atoms with Crippen molar-refractivity contribution in [2.75, 3.05) is 81.2 Å². The van der Waals surface area contributed by atoms with Crippen molar-refractivity contribution in [3.05, 3.63) is 153 Å². The Balaban J connectivity index is 0.849. The zero-order valence-corrected chi connectivity index (χ0v) is 49.7. The Morgan fingerprint density at radius 1 is 0.826 bits per heavy atom. The molecule has 1 aliphatic carbocycles. The summed E-state index contributed by atoms with van der Waals surface area (Å²) in [5.41, 5.74) is -4.17. The summed E-state index contributed by atoms with van der Waals surface area (Å²) in [7, 11) is -11.6. The fourth-order valence-corrected chi connectivity index (χ4v) is 14.1. The highest BCUT2D eigenvalue weighted by Gasteiger charge is 2.49. The van der Waals surface area contributed by atoms with Crippen LogP contribution in [-0.4, -0.2) is 155 Å². The van der Waals surface area contributed by atoms with Gasteiger partial charge in [-0.3, -0.25) is 44.0 Å². The van der Waals surface area contributed by atoms with E-state index in [4.69, 9.17) is 22.6 Å². The van der Waals surface area contributed by atoms with Crippen LogP contribution in [0.5, 0.6) is 0 Å². The van der Waals surface area contributed by atoms with Gasteiger partial charge in [0, 0.05) is 122 Å². The third-order valence-electron chi connectivity index (χ3n) is 15.5. The average Bonchev–Trinajstić information content (AvgIpc) is 0.719. The number of allylic oxidation sites excluding steroid dienone is 1.